The maximum atomic E-state index is 12.5. The minimum atomic E-state index is -3.69. The second-order valence-corrected chi connectivity index (χ2v) is 8.90. The fraction of sp³-hybridized carbons (Fsp3) is 0.316. The number of hydrogen-bond acceptors (Lipinski definition) is 5. The van der Waals surface area contributed by atoms with Gasteiger partial charge in [-0.3, -0.25) is 4.79 Å². The maximum absolute atomic E-state index is 12.5. The lowest BCUT2D eigenvalue weighted by molar-refractivity contribution is -0.116. The summed E-state index contributed by atoms with van der Waals surface area (Å²) in [5.74, 6) is 0.794. The zero-order valence-corrected chi connectivity index (χ0v) is 17.5. The number of benzene rings is 2. The average Bonchev–Trinajstić information content (AvgIpc) is 2.90. The van der Waals surface area contributed by atoms with E-state index in [-0.39, 0.29) is 23.8 Å². The number of anilines is 1. The predicted molar refractivity (Wildman–Crippen MR) is 109 cm³/mol. The summed E-state index contributed by atoms with van der Waals surface area (Å²) in [6, 6.07) is 11.8. The maximum Gasteiger partial charge on any atom is 0.240 e. The van der Waals surface area contributed by atoms with Crippen molar-refractivity contribution in [1.29, 1.82) is 0 Å². The fourth-order valence-electron chi connectivity index (χ4n) is 2.64. The van der Waals surface area contributed by atoms with E-state index >= 15 is 0 Å². The second kappa shape index (κ2) is 9.40. The molecule has 3 rings (SSSR count). The van der Waals surface area contributed by atoms with Gasteiger partial charge in [-0.2, -0.15) is 0 Å². The molecule has 7 nitrogen and oxygen atoms in total. The van der Waals surface area contributed by atoms with Crippen molar-refractivity contribution in [3.05, 3.63) is 46.9 Å². The molecule has 0 saturated carbocycles. The van der Waals surface area contributed by atoms with Crippen molar-refractivity contribution in [3.8, 4) is 11.5 Å². The van der Waals surface area contributed by atoms with Crippen LogP contribution in [0.5, 0.6) is 11.5 Å². The van der Waals surface area contributed by atoms with Crippen LogP contribution in [0.1, 0.15) is 19.3 Å². The number of ether oxygens (including phenoxy) is 2. The first kappa shape index (κ1) is 20.6. The number of rotatable bonds is 7. The molecular formula is C19H21BrN2O5S. The molecule has 0 aromatic heterocycles. The zero-order chi connectivity index (χ0) is 20.0. The van der Waals surface area contributed by atoms with Gasteiger partial charge in [-0.15, -0.1) is 0 Å². The Kier molecular flexibility index (Phi) is 6.93. The van der Waals surface area contributed by atoms with Crippen LogP contribution in [-0.2, 0) is 14.8 Å². The summed E-state index contributed by atoms with van der Waals surface area (Å²) in [5, 5.41) is 2.78. The van der Waals surface area contributed by atoms with E-state index in [4.69, 9.17) is 9.47 Å². The van der Waals surface area contributed by atoms with Gasteiger partial charge in [0.05, 0.1) is 18.1 Å². The van der Waals surface area contributed by atoms with E-state index in [0.29, 0.717) is 36.8 Å². The summed E-state index contributed by atoms with van der Waals surface area (Å²) in [6.07, 6.45) is 1.33. The van der Waals surface area contributed by atoms with Gasteiger partial charge < -0.3 is 14.8 Å². The summed E-state index contributed by atoms with van der Waals surface area (Å²) < 4.78 is 39.4. The van der Waals surface area contributed by atoms with Crippen LogP contribution in [0.25, 0.3) is 0 Å². The first-order valence-corrected chi connectivity index (χ1v) is 11.2. The van der Waals surface area contributed by atoms with Gasteiger partial charge in [-0.25, -0.2) is 13.1 Å². The van der Waals surface area contributed by atoms with Crippen molar-refractivity contribution in [2.45, 2.75) is 24.2 Å². The predicted octanol–water partition coefficient (Wildman–Crippen LogP) is 3.31. The molecule has 28 heavy (non-hydrogen) atoms. The minimum Gasteiger partial charge on any atom is -0.490 e. The molecule has 0 radical (unpaired) electrons. The molecule has 0 spiro atoms. The summed E-state index contributed by atoms with van der Waals surface area (Å²) in [6.45, 7) is 1.18. The van der Waals surface area contributed by atoms with Gasteiger partial charge in [-0.1, -0.05) is 22.0 Å². The highest BCUT2D eigenvalue weighted by Gasteiger charge is 2.18. The first-order valence-electron chi connectivity index (χ1n) is 8.89. The Labute approximate surface area is 172 Å². The number of halogens is 1. The van der Waals surface area contributed by atoms with Crippen molar-refractivity contribution < 1.29 is 22.7 Å². The first-order chi connectivity index (χ1) is 13.4. The van der Waals surface area contributed by atoms with Gasteiger partial charge in [0.1, 0.15) is 0 Å². The molecule has 1 aliphatic rings. The molecule has 2 aromatic carbocycles. The minimum absolute atomic E-state index is 0.107. The molecule has 150 valence electrons. The highest BCUT2D eigenvalue weighted by atomic mass is 79.9. The van der Waals surface area contributed by atoms with Gasteiger partial charge in [0.2, 0.25) is 15.9 Å². The van der Waals surface area contributed by atoms with Gasteiger partial charge in [0.15, 0.2) is 11.5 Å². The Morgan fingerprint density at radius 1 is 1.07 bits per heavy atom. The highest BCUT2D eigenvalue weighted by molar-refractivity contribution is 9.10. The third kappa shape index (κ3) is 5.70. The Morgan fingerprint density at radius 2 is 1.86 bits per heavy atom. The molecule has 2 aromatic rings. The monoisotopic (exact) mass is 468 g/mol. The Hall–Kier alpha value is -2.10. The van der Waals surface area contributed by atoms with E-state index in [1.165, 1.54) is 12.1 Å². The number of fused-ring (bicyclic) bond motifs is 1. The number of carbonyl (C=O) groups is 1. The largest absolute Gasteiger partial charge is 0.490 e. The number of hydrogen-bond donors (Lipinski definition) is 2. The van der Waals surface area contributed by atoms with E-state index in [2.05, 4.69) is 26.0 Å². The third-order valence-electron chi connectivity index (χ3n) is 4.01. The number of nitrogens with one attached hydrogen (secondary N) is 2. The smallest absolute Gasteiger partial charge is 0.240 e. The van der Waals surface area contributed by atoms with Crippen molar-refractivity contribution in [2.75, 3.05) is 25.1 Å². The molecule has 0 bridgehead atoms. The van der Waals surface area contributed by atoms with E-state index in [1.807, 2.05) is 12.1 Å². The van der Waals surface area contributed by atoms with Gasteiger partial charge in [0, 0.05) is 35.6 Å². The summed E-state index contributed by atoms with van der Waals surface area (Å²) >= 11 is 3.34. The number of sulfonamides is 1. The topological polar surface area (TPSA) is 93.7 Å². The van der Waals surface area contributed by atoms with Gasteiger partial charge in [0.25, 0.3) is 0 Å². The van der Waals surface area contributed by atoms with E-state index in [0.717, 1.165) is 10.9 Å². The number of carbonyl (C=O) groups excluding carboxylic acids is 1. The van der Waals surface area contributed by atoms with Crippen LogP contribution in [0.15, 0.2) is 51.8 Å². The Morgan fingerprint density at radius 3 is 2.64 bits per heavy atom. The Bertz CT molecular complexity index is 949. The fourth-order valence-corrected chi connectivity index (χ4v) is 4.13. The molecule has 2 N–H and O–H groups in total. The van der Waals surface area contributed by atoms with Crippen molar-refractivity contribution >= 4 is 37.5 Å². The lowest BCUT2D eigenvalue weighted by Crippen LogP contribution is -2.25. The van der Waals surface area contributed by atoms with Crippen LogP contribution in [0.3, 0.4) is 0 Å². The van der Waals surface area contributed by atoms with Gasteiger partial charge >= 0.3 is 0 Å². The van der Waals surface area contributed by atoms with Crippen LogP contribution in [-0.4, -0.2) is 34.1 Å². The molecular weight excluding hydrogens is 448 g/mol. The molecule has 9 heteroatoms. The SMILES string of the molecule is O=C(CCCNS(=O)(=O)c1ccc2c(c1)OCCCO2)Nc1cccc(Br)c1. The summed E-state index contributed by atoms with van der Waals surface area (Å²) in [7, 11) is -3.69. The molecule has 1 aliphatic heterocycles. The van der Waals surface area contributed by atoms with E-state index in [1.54, 1.807) is 18.2 Å². The normalized spacial score (nSPS) is 13.6. The number of amides is 1. The standard InChI is InChI=1S/C19H21BrN2O5S/c20-14-4-1-5-15(12-14)22-19(23)6-2-9-21-28(24,25)16-7-8-17-18(13-16)27-11-3-10-26-17/h1,4-5,7-8,12-13,21H,2-3,6,9-11H2,(H,22,23). The average molecular weight is 469 g/mol. The second-order valence-electron chi connectivity index (χ2n) is 6.22. The van der Waals surface area contributed by atoms with Gasteiger partial charge in [-0.05, 0) is 36.8 Å². The molecule has 1 amide bonds. The molecule has 0 unspecified atom stereocenters. The molecule has 0 aliphatic carbocycles. The quantitative estimate of drug-likeness (QED) is 0.607. The highest BCUT2D eigenvalue weighted by Crippen LogP contribution is 2.31. The molecule has 0 fully saturated rings. The van der Waals surface area contributed by atoms with E-state index < -0.39 is 10.0 Å². The zero-order valence-electron chi connectivity index (χ0n) is 15.1. The van der Waals surface area contributed by atoms with Crippen LogP contribution in [0.2, 0.25) is 0 Å². The van der Waals surface area contributed by atoms with Crippen molar-refractivity contribution in [1.82, 2.24) is 4.72 Å². The third-order valence-corrected chi connectivity index (χ3v) is 5.96. The summed E-state index contributed by atoms with van der Waals surface area (Å²) in [4.78, 5) is 12.1. The summed E-state index contributed by atoms with van der Waals surface area (Å²) in [5.41, 5.74) is 0.687. The van der Waals surface area contributed by atoms with Crippen molar-refractivity contribution in [2.24, 2.45) is 0 Å². The van der Waals surface area contributed by atoms with Crippen LogP contribution >= 0.6 is 15.9 Å². The molecule has 0 atom stereocenters. The molecule has 0 saturated heterocycles. The lowest BCUT2D eigenvalue weighted by atomic mass is 10.2. The van der Waals surface area contributed by atoms with Crippen LogP contribution in [0, 0.1) is 0 Å². The molecule has 1 heterocycles. The van der Waals surface area contributed by atoms with Crippen LogP contribution < -0.4 is 19.5 Å². The Balaban J connectivity index is 1.50. The van der Waals surface area contributed by atoms with Crippen molar-refractivity contribution in [3.63, 3.8) is 0 Å². The van der Waals surface area contributed by atoms with E-state index in [9.17, 15) is 13.2 Å². The lowest BCUT2D eigenvalue weighted by Gasteiger charge is -2.11. The van der Waals surface area contributed by atoms with Crippen LogP contribution in [0.4, 0.5) is 5.69 Å².